The monoisotopic (exact) mass is 463 g/mol. The molecule has 2 aliphatic rings. The first kappa shape index (κ1) is 23.1. The summed E-state index contributed by atoms with van der Waals surface area (Å²) in [7, 11) is -2.22. The second kappa shape index (κ2) is 10.3. The van der Waals surface area contributed by atoms with E-state index in [1.807, 2.05) is 0 Å². The first-order valence-corrected chi connectivity index (χ1v) is 13.1. The van der Waals surface area contributed by atoms with Crippen LogP contribution in [0, 0.1) is 0 Å². The lowest BCUT2D eigenvalue weighted by Crippen LogP contribution is -2.53. The van der Waals surface area contributed by atoms with Crippen LogP contribution in [0.2, 0.25) is 0 Å². The van der Waals surface area contributed by atoms with Crippen LogP contribution < -0.4 is 5.32 Å². The number of ether oxygens (including phenoxy) is 1. The second-order valence-corrected chi connectivity index (χ2v) is 10.7. The third kappa shape index (κ3) is 4.97. The number of carbonyl (C=O) groups is 1. The zero-order valence-electron chi connectivity index (χ0n) is 18.7. The lowest BCUT2D eigenvalue weighted by Gasteiger charge is -2.34. The van der Waals surface area contributed by atoms with Crippen molar-refractivity contribution < 1.29 is 17.9 Å². The van der Waals surface area contributed by atoms with E-state index in [0.717, 1.165) is 44.0 Å². The van der Waals surface area contributed by atoms with Gasteiger partial charge in [-0.2, -0.15) is 4.31 Å². The number of methoxy groups -OCH3 is 1. The van der Waals surface area contributed by atoms with Gasteiger partial charge in [-0.1, -0.05) is 37.3 Å². The standard InChI is InChI=1S/C22H33N5O4S/c1-31-15-14-26-20-12-11-18(16-19(20)24-25-26)32(29,30)27-13-7-6-10-21(27)22(28)23-17-8-4-2-3-5-9-17/h11-12,16-17,21H,2-10,13-15H2,1H3,(H,23,28)/t21-/m0/s1. The topological polar surface area (TPSA) is 106 Å². The van der Waals surface area contributed by atoms with Gasteiger partial charge in [0.05, 0.1) is 23.6 Å². The Labute approximate surface area is 189 Å². The van der Waals surface area contributed by atoms with E-state index >= 15 is 0 Å². The molecule has 1 aromatic heterocycles. The van der Waals surface area contributed by atoms with Crippen molar-refractivity contribution in [2.24, 2.45) is 0 Å². The highest BCUT2D eigenvalue weighted by molar-refractivity contribution is 7.89. The number of amides is 1. The number of rotatable bonds is 7. The largest absolute Gasteiger partial charge is 0.383 e. The fraction of sp³-hybridized carbons (Fsp3) is 0.682. The molecule has 176 valence electrons. The smallest absolute Gasteiger partial charge is 0.243 e. The number of benzene rings is 1. The van der Waals surface area contributed by atoms with Crippen molar-refractivity contribution in [2.75, 3.05) is 20.3 Å². The maximum Gasteiger partial charge on any atom is 0.243 e. The lowest BCUT2D eigenvalue weighted by molar-refractivity contribution is -0.126. The third-order valence-electron chi connectivity index (χ3n) is 6.56. The van der Waals surface area contributed by atoms with Gasteiger partial charge in [0.1, 0.15) is 11.6 Å². The van der Waals surface area contributed by atoms with Crippen LogP contribution in [0.4, 0.5) is 0 Å². The molecule has 2 aromatic rings. The van der Waals surface area contributed by atoms with Crippen LogP contribution in [0.25, 0.3) is 11.0 Å². The van der Waals surface area contributed by atoms with E-state index < -0.39 is 16.1 Å². The molecule has 0 radical (unpaired) electrons. The molecule has 1 aliphatic heterocycles. The quantitative estimate of drug-likeness (QED) is 0.632. The van der Waals surface area contributed by atoms with Gasteiger partial charge in [-0.3, -0.25) is 4.79 Å². The molecule has 1 saturated heterocycles. The van der Waals surface area contributed by atoms with E-state index in [1.165, 1.54) is 17.1 Å². The van der Waals surface area contributed by atoms with Crippen LogP contribution in [-0.2, 0) is 26.1 Å². The molecule has 0 unspecified atom stereocenters. The molecule has 4 rings (SSSR count). The maximum atomic E-state index is 13.5. The lowest BCUT2D eigenvalue weighted by atomic mass is 10.0. The minimum atomic E-state index is -3.83. The molecular formula is C22H33N5O4S. The van der Waals surface area contributed by atoms with Crippen LogP contribution in [0.1, 0.15) is 57.8 Å². The van der Waals surface area contributed by atoms with Crippen LogP contribution in [0.15, 0.2) is 23.1 Å². The number of nitrogens with zero attached hydrogens (tertiary/aromatic N) is 4. The highest BCUT2D eigenvalue weighted by Gasteiger charge is 2.38. The molecule has 32 heavy (non-hydrogen) atoms. The zero-order valence-corrected chi connectivity index (χ0v) is 19.5. The molecule has 2 heterocycles. The van der Waals surface area contributed by atoms with E-state index in [4.69, 9.17) is 4.74 Å². The molecule has 10 heteroatoms. The molecular weight excluding hydrogens is 430 g/mol. The minimum Gasteiger partial charge on any atom is -0.383 e. The summed E-state index contributed by atoms with van der Waals surface area (Å²) in [6.45, 7) is 1.38. The average Bonchev–Trinajstić information content (AvgIpc) is 3.03. The summed E-state index contributed by atoms with van der Waals surface area (Å²) in [5.41, 5.74) is 1.26. The van der Waals surface area contributed by atoms with Gasteiger partial charge in [0.25, 0.3) is 0 Å². The molecule has 1 saturated carbocycles. The summed E-state index contributed by atoms with van der Waals surface area (Å²) >= 11 is 0. The van der Waals surface area contributed by atoms with E-state index in [2.05, 4.69) is 15.6 Å². The van der Waals surface area contributed by atoms with Crippen LogP contribution >= 0.6 is 0 Å². The Bertz CT molecular complexity index is 1030. The molecule has 1 aliphatic carbocycles. The number of carbonyl (C=O) groups excluding carboxylic acids is 1. The van der Waals surface area contributed by atoms with Crippen LogP contribution in [0.3, 0.4) is 0 Å². The Morgan fingerprint density at radius 2 is 1.88 bits per heavy atom. The highest BCUT2D eigenvalue weighted by atomic mass is 32.2. The number of nitrogens with one attached hydrogen (secondary N) is 1. The Morgan fingerprint density at radius 1 is 1.12 bits per heavy atom. The van der Waals surface area contributed by atoms with E-state index in [1.54, 1.807) is 30.0 Å². The van der Waals surface area contributed by atoms with Crippen molar-refractivity contribution in [2.45, 2.75) is 81.3 Å². The van der Waals surface area contributed by atoms with Gasteiger partial charge in [-0.25, -0.2) is 13.1 Å². The molecule has 1 amide bonds. The first-order chi connectivity index (χ1) is 15.5. The molecule has 0 spiro atoms. The summed E-state index contributed by atoms with van der Waals surface area (Å²) in [5.74, 6) is -0.160. The average molecular weight is 464 g/mol. The summed E-state index contributed by atoms with van der Waals surface area (Å²) in [6, 6.07) is 4.34. The predicted molar refractivity (Wildman–Crippen MR) is 121 cm³/mol. The van der Waals surface area contributed by atoms with Gasteiger partial charge in [0.15, 0.2) is 0 Å². The zero-order chi connectivity index (χ0) is 22.6. The van der Waals surface area contributed by atoms with E-state index in [-0.39, 0.29) is 16.8 Å². The minimum absolute atomic E-state index is 0.148. The molecule has 0 bridgehead atoms. The summed E-state index contributed by atoms with van der Waals surface area (Å²) < 4.78 is 35.3. The number of hydrogen-bond donors (Lipinski definition) is 1. The fourth-order valence-electron chi connectivity index (χ4n) is 4.77. The summed E-state index contributed by atoms with van der Waals surface area (Å²) in [5, 5.41) is 11.4. The van der Waals surface area contributed by atoms with Crippen molar-refractivity contribution in [1.82, 2.24) is 24.6 Å². The van der Waals surface area contributed by atoms with Gasteiger partial charge in [-0.05, 0) is 43.9 Å². The van der Waals surface area contributed by atoms with Gasteiger partial charge in [0.2, 0.25) is 15.9 Å². The van der Waals surface area contributed by atoms with Gasteiger partial charge in [-0.15, -0.1) is 5.10 Å². The highest BCUT2D eigenvalue weighted by Crippen LogP contribution is 2.28. The molecule has 2 fully saturated rings. The van der Waals surface area contributed by atoms with Crippen molar-refractivity contribution in [3.05, 3.63) is 18.2 Å². The van der Waals surface area contributed by atoms with Crippen molar-refractivity contribution in [1.29, 1.82) is 0 Å². The van der Waals surface area contributed by atoms with Crippen LogP contribution in [0.5, 0.6) is 0 Å². The summed E-state index contributed by atoms with van der Waals surface area (Å²) in [6.07, 6.45) is 8.73. The molecule has 1 N–H and O–H groups in total. The first-order valence-electron chi connectivity index (χ1n) is 11.6. The Balaban J connectivity index is 1.54. The van der Waals surface area contributed by atoms with Crippen LogP contribution in [-0.4, -0.2) is 66.0 Å². The Kier molecular flexibility index (Phi) is 7.42. The number of sulfonamides is 1. The summed E-state index contributed by atoms with van der Waals surface area (Å²) in [4.78, 5) is 13.3. The van der Waals surface area contributed by atoms with E-state index in [9.17, 15) is 13.2 Å². The fourth-order valence-corrected chi connectivity index (χ4v) is 6.44. The number of fused-ring (bicyclic) bond motifs is 1. The van der Waals surface area contributed by atoms with E-state index in [0.29, 0.717) is 31.6 Å². The Morgan fingerprint density at radius 3 is 2.62 bits per heavy atom. The predicted octanol–water partition coefficient (Wildman–Crippen LogP) is 2.46. The van der Waals surface area contributed by atoms with Crippen molar-refractivity contribution in [3.63, 3.8) is 0 Å². The normalized spacial score (nSPS) is 21.5. The number of aromatic nitrogens is 3. The number of piperidine rings is 1. The molecule has 1 atom stereocenters. The Hall–Kier alpha value is -2.04. The molecule has 1 aromatic carbocycles. The SMILES string of the molecule is COCCn1nnc2cc(S(=O)(=O)N3CCCC[C@H]3C(=O)NC3CCCCCC3)ccc21. The van der Waals surface area contributed by atoms with Crippen molar-refractivity contribution in [3.8, 4) is 0 Å². The van der Waals surface area contributed by atoms with Crippen molar-refractivity contribution >= 4 is 27.0 Å². The number of hydrogen-bond acceptors (Lipinski definition) is 6. The van der Waals surface area contributed by atoms with Gasteiger partial charge < -0.3 is 10.1 Å². The third-order valence-corrected chi connectivity index (χ3v) is 8.46. The van der Waals surface area contributed by atoms with Gasteiger partial charge >= 0.3 is 0 Å². The molecule has 9 nitrogen and oxygen atoms in total. The maximum absolute atomic E-state index is 13.5. The van der Waals surface area contributed by atoms with Gasteiger partial charge in [0, 0.05) is 19.7 Å². The second-order valence-electron chi connectivity index (χ2n) is 8.78.